The van der Waals surface area contributed by atoms with Gasteiger partial charge in [-0.3, -0.25) is 5.32 Å². The number of nitrogens with one attached hydrogen (secondary N) is 3. The number of alkyl carbamates (subject to hydrolysis) is 1. The quantitative estimate of drug-likeness (QED) is 0.0664. The second kappa shape index (κ2) is 19.2. The summed E-state index contributed by atoms with van der Waals surface area (Å²) in [5.74, 6) is -0.205. The molecule has 2 heterocycles. The van der Waals surface area contributed by atoms with E-state index in [4.69, 9.17) is 40.9 Å². The van der Waals surface area contributed by atoms with E-state index in [1.165, 1.54) is 14.0 Å². The van der Waals surface area contributed by atoms with E-state index in [9.17, 15) is 35.1 Å². The Morgan fingerprint density at radius 3 is 2.33 bits per heavy atom. The normalized spacial score (nSPS) is 34.6. The van der Waals surface area contributed by atoms with Crippen LogP contribution in [-0.2, 0) is 23.7 Å². The van der Waals surface area contributed by atoms with E-state index in [1.807, 2.05) is 6.08 Å². The van der Waals surface area contributed by atoms with E-state index < -0.39 is 109 Å². The highest BCUT2D eigenvalue weighted by Gasteiger charge is 2.55. The van der Waals surface area contributed by atoms with Gasteiger partial charge in [0.1, 0.15) is 53.2 Å². The van der Waals surface area contributed by atoms with Crippen LogP contribution < -0.4 is 33.2 Å². The van der Waals surface area contributed by atoms with Crippen molar-refractivity contribution in [2.24, 2.45) is 23.1 Å². The molecule has 14 N–H and O–H groups in total. The number of aliphatic hydroxyl groups is 5. The van der Waals surface area contributed by atoms with E-state index in [0.29, 0.717) is 31.8 Å². The predicted molar refractivity (Wildman–Crippen MR) is 196 cm³/mol. The van der Waals surface area contributed by atoms with Gasteiger partial charge in [-0.1, -0.05) is 0 Å². The Balaban J connectivity index is 1.88. The molecule has 2 fully saturated rings. The summed E-state index contributed by atoms with van der Waals surface area (Å²) in [5, 5.41) is 65.3. The lowest BCUT2D eigenvalue weighted by Gasteiger charge is -2.51. The molecule has 3 aliphatic rings. The number of nitrogens with zero attached hydrogens (tertiary/aromatic N) is 1. The van der Waals surface area contributed by atoms with Crippen LogP contribution in [0.1, 0.15) is 67.7 Å². The number of aliphatic hydroxyl groups excluding tert-OH is 4. The van der Waals surface area contributed by atoms with Crippen molar-refractivity contribution in [3.8, 4) is 0 Å². The molecule has 13 atom stereocenters. The van der Waals surface area contributed by atoms with Crippen LogP contribution in [0.2, 0.25) is 0 Å². The largest absolute Gasteiger partial charge is 0.492 e. The zero-order valence-electron chi connectivity index (χ0n) is 32.9. The summed E-state index contributed by atoms with van der Waals surface area (Å²) in [6.07, 6.45) is -8.37. The first-order chi connectivity index (χ1) is 25.0. The summed E-state index contributed by atoms with van der Waals surface area (Å²) in [6.45, 7) is 12.3. The van der Waals surface area contributed by atoms with Crippen LogP contribution in [0.15, 0.2) is 11.8 Å². The lowest BCUT2D eigenvalue weighted by molar-refractivity contribution is -0.306. The first-order valence-electron chi connectivity index (χ1n) is 18.6. The number of ether oxygens (including phenoxy) is 5. The summed E-state index contributed by atoms with van der Waals surface area (Å²) in [7, 11) is 1.37. The van der Waals surface area contributed by atoms with Crippen molar-refractivity contribution in [3.63, 3.8) is 0 Å². The highest BCUT2D eigenvalue weighted by molar-refractivity contribution is 5.68. The maximum Gasteiger partial charge on any atom is 0.410 e. The summed E-state index contributed by atoms with van der Waals surface area (Å²) < 4.78 is 29.1. The van der Waals surface area contributed by atoms with Gasteiger partial charge >= 0.3 is 12.2 Å². The standard InChI is InChI=1S/C35H67N7O12/c1-33(2,3)53-31(47)40-16-22(43)29(46)41-21-14-20(38)23(26-19(37)11-10-18(51-26)15-39-13-9-12-36)24(44)27(21)52-30-25(45)28(35(7,49)17-50-30)42(8)32(48)54-34(4,5)6/h10,19-30,39,41,43-46,49H,9,11-17,36-38H2,1-8H3,(H,40,47)/t19-,20+,21-,22+,23?,24+,25-,26+,27+,28-,29?,30-,35+/m1/s1. The molecule has 0 radical (unpaired) electrons. The number of rotatable bonds is 14. The molecule has 2 amide bonds. The molecule has 0 spiro atoms. The molecule has 19 nitrogen and oxygen atoms in total. The first-order valence-corrected chi connectivity index (χ1v) is 18.6. The van der Waals surface area contributed by atoms with Gasteiger partial charge in [0.2, 0.25) is 0 Å². The molecule has 1 aliphatic carbocycles. The van der Waals surface area contributed by atoms with Crippen LogP contribution in [0.4, 0.5) is 9.59 Å². The van der Waals surface area contributed by atoms with Crippen LogP contribution in [0.25, 0.3) is 0 Å². The highest BCUT2D eigenvalue weighted by Crippen LogP contribution is 2.37. The van der Waals surface area contributed by atoms with Gasteiger partial charge in [-0.25, -0.2) is 9.59 Å². The number of carbonyl (C=O) groups is 2. The number of likely N-dealkylation sites (N-methyl/N-ethyl adjacent to an activating group) is 1. The van der Waals surface area contributed by atoms with Crippen molar-refractivity contribution in [3.05, 3.63) is 11.8 Å². The molecule has 0 aromatic rings. The zero-order valence-corrected chi connectivity index (χ0v) is 32.9. The number of nitrogens with two attached hydrogens (primary N) is 3. The molecule has 0 bridgehead atoms. The summed E-state index contributed by atoms with van der Waals surface area (Å²) in [4.78, 5) is 26.3. The van der Waals surface area contributed by atoms with Gasteiger partial charge in [0, 0.05) is 31.1 Å². The average molecular weight is 778 g/mol. The van der Waals surface area contributed by atoms with E-state index in [0.717, 1.165) is 11.3 Å². The van der Waals surface area contributed by atoms with Gasteiger partial charge in [0.15, 0.2) is 6.29 Å². The van der Waals surface area contributed by atoms with Crippen molar-refractivity contribution < 1.29 is 58.8 Å². The highest BCUT2D eigenvalue weighted by atomic mass is 16.7. The topological polar surface area (TPSA) is 299 Å². The molecule has 1 saturated heterocycles. The van der Waals surface area contributed by atoms with Crippen molar-refractivity contribution >= 4 is 12.2 Å². The van der Waals surface area contributed by atoms with E-state index in [1.54, 1.807) is 41.5 Å². The third-order valence-electron chi connectivity index (χ3n) is 9.48. The molecule has 0 aromatic carbocycles. The lowest BCUT2D eigenvalue weighted by Crippen LogP contribution is -2.70. The van der Waals surface area contributed by atoms with Crippen molar-refractivity contribution in [1.82, 2.24) is 20.9 Å². The maximum absolute atomic E-state index is 13.1. The summed E-state index contributed by atoms with van der Waals surface area (Å²) in [5.41, 5.74) is 15.5. The van der Waals surface area contributed by atoms with Gasteiger partial charge in [-0.15, -0.1) is 0 Å². The molecule has 19 heteroatoms. The molecule has 54 heavy (non-hydrogen) atoms. The minimum atomic E-state index is -1.75. The number of hydrogen-bond donors (Lipinski definition) is 11. The minimum absolute atomic E-state index is 0.0534. The molecular formula is C35H67N7O12. The maximum atomic E-state index is 13.1. The van der Waals surface area contributed by atoms with E-state index in [-0.39, 0.29) is 13.0 Å². The number of hydrogen-bond acceptors (Lipinski definition) is 17. The molecule has 0 aromatic heterocycles. The van der Waals surface area contributed by atoms with Crippen LogP contribution in [0.3, 0.4) is 0 Å². The second-order valence-corrected chi connectivity index (χ2v) is 16.8. The molecule has 1 saturated carbocycles. The third-order valence-corrected chi connectivity index (χ3v) is 9.48. The average Bonchev–Trinajstić information content (AvgIpc) is 3.04. The molecule has 3 rings (SSSR count). The van der Waals surface area contributed by atoms with Crippen LogP contribution in [0, 0.1) is 5.92 Å². The number of carbonyl (C=O) groups excluding carboxylic acids is 2. The SMILES string of the molecule is CN(C(=O)OC(C)(C)C)[C@@H]1[C@@H](O)[C@@H](O[C@H]2[C@H](NC(O)[C@@H](O)CNC(=O)OC(C)(C)C)C[C@H](N)C([C@H]3OC(CNCCCN)=CC[C@H]3N)[C@@H]2O)OC[C@]1(C)O. The third kappa shape index (κ3) is 12.8. The van der Waals surface area contributed by atoms with Gasteiger partial charge in [-0.2, -0.15) is 0 Å². The van der Waals surface area contributed by atoms with Crippen LogP contribution >= 0.6 is 0 Å². The number of amides is 2. The molecule has 314 valence electrons. The van der Waals surface area contributed by atoms with E-state index >= 15 is 0 Å². The summed E-state index contributed by atoms with van der Waals surface area (Å²) in [6, 6.07) is -3.59. The predicted octanol–water partition coefficient (Wildman–Crippen LogP) is -2.12. The van der Waals surface area contributed by atoms with E-state index in [2.05, 4.69) is 16.0 Å². The summed E-state index contributed by atoms with van der Waals surface area (Å²) >= 11 is 0. The van der Waals surface area contributed by atoms with Crippen LogP contribution in [-0.4, -0.2) is 166 Å². The fourth-order valence-electron chi connectivity index (χ4n) is 6.96. The fourth-order valence-corrected chi connectivity index (χ4v) is 6.96. The minimum Gasteiger partial charge on any atom is -0.492 e. The second-order valence-electron chi connectivity index (χ2n) is 16.8. The smallest absolute Gasteiger partial charge is 0.410 e. The molecule has 2 aliphatic heterocycles. The Morgan fingerprint density at radius 1 is 1.07 bits per heavy atom. The molecule has 2 unspecified atom stereocenters. The first kappa shape index (κ1) is 46.0. The van der Waals surface area contributed by atoms with Crippen LogP contribution in [0.5, 0.6) is 0 Å². The van der Waals surface area contributed by atoms with Crippen molar-refractivity contribution in [2.45, 2.75) is 152 Å². The Bertz CT molecular complexity index is 1250. The Kier molecular flexibility index (Phi) is 16.3. The zero-order chi connectivity index (χ0) is 40.8. The molecular weight excluding hydrogens is 710 g/mol. The van der Waals surface area contributed by atoms with Gasteiger partial charge in [0.25, 0.3) is 0 Å². The van der Waals surface area contributed by atoms with Crippen molar-refractivity contribution in [2.75, 3.05) is 39.8 Å². The van der Waals surface area contributed by atoms with Gasteiger partial charge in [0.05, 0.1) is 31.8 Å². The van der Waals surface area contributed by atoms with Gasteiger partial charge < -0.3 is 82.0 Å². The van der Waals surface area contributed by atoms with Crippen molar-refractivity contribution in [1.29, 1.82) is 0 Å². The Labute approximate surface area is 318 Å². The Hall–Kier alpha value is -2.40. The van der Waals surface area contributed by atoms with Gasteiger partial charge in [-0.05, 0) is 86.9 Å². The Morgan fingerprint density at radius 2 is 1.72 bits per heavy atom. The lowest BCUT2D eigenvalue weighted by atomic mass is 9.72. The monoisotopic (exact) mass is 777 g/mol. The fraction of sp³-hybridized carbons (Fsp3) is 0.886.